The van der Waals surface area contributed by atoms with Crippen molar-refractivity contribution in [1.29, 1.82) is 0 Å². The number of rotatable bonds is 6. The van der Waals surface area contributed by atoms with E-state index in [1.165, 1.54) is 0 Å². The zero-order valence-electron chi connectivity index (χ0n) is 13.6. The molecule has 2 fully saturated rings. The summed E-state index contributed by atoms with van der Waals surface area (Å²) in [5.41, 5.74) is 0. The summed E-state index contributed by atoms with van der Waals surface area (Å²) in [6.07, 6.45) is -17.5. The maximum Gasteiger partial charge on any atom is 0.187 e. The van der Waals surface area contributed by atoms with Gasteiger partial charge in [-0.15, -0.1) is 0 Å². The number of hydrogen-bond acceptors (Lipinski definition) is 14. The highest BCUT2D eigenvalue weighted by atomic mass is 31.2. The highest BCUT2D eigenvalue weighted by Gasteiger charge is 2.50. The number of phosphoric acid groups is 1. The van der Waals surface area contributed by atoms with Crippen LogP contribution in [-0.4, -0.2) is 110 Å². The molecule has 2 heterocycles. The van der Waals surface area contributed by atoms with E-state index in [0.717, 1.165) is 0 Å². The van der Waals surface area contributed by atoms with Gasteiger partial charge in [-0.1, -0.05) is 0 Å². The fraction of sp³-hybridized carbons (Fsp3) is 1.00. The lowest BCUT2D eigenvalue weighted by atomic mass is 9.97. The summed E-state index contributed by atoms with van der Waals surface area (Å²) in [6.45, 7) is -1.77. The number of phosphoric ester groups is 1. The maximum atomic E-state index is 10.6. The smallest absolute Gasteiger partial charge is 0.187 e. The molecule has 160 valence electrons. The molecule has 0 spiro atoms. The summed E-state index contributed by atoms with van der Waals surface area (Å²) in [5.74, 6) is 0. The maximum absolute atomic E-state index is 10.6. The van der Waals surface area contributed by atoms with Gasteiger partial charge in [0, 0.05) is 0 Å². The van der Waals surface area contributed by atoms with E-state index in [1.54, 1.807) is 0 Å². The van der Waals surface area contributed by atoms with E-state index in [1.807, 2.05) is 0 Å². The van der Waals surface area contributed by atoms with Crippen LogP contribution in [0.2, 0.25) is 0 Å². The largest absolute Gasteiger partial charge is 0.790 e. The predicted molar refractivity (Wildman–Crippen MR) is 75.1 cm³/mol. The van der Waals surface area contributed by atoms with Gasteiger partial charge < -0.3 is 68.8 Å². The van der Waals surface area contributed by atoms with E-state index in [-0.39, 0.29) is 0 Å². The van der Waals surface area contributed by atoms with Gasteiger partial charge in [0.15, 0.2) is 12.6 Å². The second-order valence-electron chi connectivity index (χ2n) is 6.09. The zero-order valence-corrected chi connectivity index (χ0v) is 14.5. The molecule has 15 heteroatoms. The average molecular weight is 420 g/mol. The minimum Gasteiger partial charge on any atom is -0.790 e. The van der Waals surface area contributed by atoms with Crippen LogP contribution in [0, 0.1) is 0 Å². The fourth-order valence-corrected chi connectivity index (χ4v) is 3.05. The molecule has 0 amide bonds. The lowest BCUT2D eigenvalue weighted by Gasteiger charge is -2.45. The minimum atomic E-state index is -5.42. The van der Waals surface area contributed by atoms with Gasteiger partial charge in [0.2, 0.25) is 0 Å². The lowest BCUT2D eigenvalue weighted by molar-refractivity contribution is -0.362. The number of hydrogen-bond donors (Lipinski definition) is 7. The van der Waals surface area contributed by atoms with E-state index in [9.17, 15) is 50.1 Å². The first-order valence-corrected chi connectivity index (χ1v) is 9.24. The predicted octanol–water partition coefficient (Wildman–Crippen LogP) is -6.54. The summed E-state index contributed by atoms with van der Waals surface area (Å²) < 4.78 is 29.7. The molecule has 0 radical (unpaired) electrons. The van der Waals surface area contributed by atoms with Crippen LogP contribution in [0.1, 0.15) is 0 Å². The molecule has 0 bridgehead atoms. The monoisotopic (exact) mass is 420 g/mol. The van der Waals surface area contributed by atoms with Crippen LogP contribution in [0.25, 0.3) is 0 Å². The van der Waals surface area contributed by atoms with Gasteiger partial charge >= 0.3 is 0 Å². The summed E-state index contributed by atoms with van der Waals surface area (Å²) in [7, 11) is -5.42. The van der Waals surface area contributed by atoms with Crippen LogP contribution in [0.3, 0.4) is 0 Å². The number of aliphatic hydroxyl groups excluding tert-OH is 7. The van der Waals surface area contributed by atoms with E-state index in [2.05, 4.69) is 4.52 Å². The molecule has 0 aromatic rings. The van der Waals surface area contributed by atoms with E-state index in [4.69, 9.17) is 14.2 Å². The van der Waals surface area contributed by atoms with Crippen molar-refractivity contribution in [3.8, 4) is 0 Å². The SMILES string of the molecule is O=P([O-])([O-])OC[C@H]1O[C@@H](O[C@H]2[C@H](O)[C@@H](O)[C@@H](O)O[C@@H]2CO)[C@H](O)[C@@H](O)[C@H]1O. The molecule has 0 aromatic heterocycles. The van der Waals surface area contributed by atoms with E-state index in [0.29, 0.717) is 0 Å². The normalized spacial score (nSPS) is 46.4. The Labute approximate surface area is 152 Å². The minimum absolute atomic E-state index is 0.776. The highest BCUT2D eigenvalue weighted by molar-refractivity contribution is 7.43. The van der Waals surface area contributed by atoms with Gasteiger partial charge in [0.25, 0.3) is 0 Å². The van der Waals surface area contributed by atoms with Crippen molar-refractivity contribution < 1.29 is 68.8 Å². The first-order chi connectivity index (χ1) is 12.5. The molecule has 7 N–H and O–H groups in total. The molecule has 14 nitrogen and oxygen atoms in total. The molecular formula is C12H21O14P-2. The Morgan fingerprint density at radius 3 is 2.04 bits per heavy atom. The van der Waals surface area contributed by atoms with Crippen LogP contribution in [0.15, 0.2) is 0 Å². The first kappa shape index (κ1) is 23.0. The Balaban J connectivity index is 2.11. The van der Waals surface area contributed by atoms with Crippen LogP contribution >= 0.6 is 7.82 Å². The van der Waals surface area contributed by atoms with Crippen LogP contribution in [-0.2, 0) is 23.3 Å². The molecule has 27 heavy (non-hydrogen) atoms. The quantitative estimate of drug-likeness (QED) is 0.198. The first-order valence-electron chi connectivity index (χ1n) is 7.78. The zero-order chi connectivity index (χ0) is 20.5. The number of ether oxygens (including phenoxy) is 3. The number of aliphatic hydroxyl groups is 7. The van der Waals surface area contributed by atoms with Gasteiger partial charge in [-0.2, -0.15) is 0 Å². The van der Waals surface area contributed by atoms with Crippen LogP contribution in [0.4, 0.5) is 0 Å². The molecule has 0 unspecified atom stereocenters. The Hall–Kier alpha value is -0.290. The van der Waals surface area contributed by atoms with Crippen molar-refractivity contribution in [3.05, 3.63) is 0 Å². The summed E-state index contributed by atoms with van der Waals surface area (Å²) in [5, 5.41) is 68.0. The summed E-state index contributed by atoms with van der Waals surface area (Å²) in [6, 6.07) is 0. The van der Waals surface area contributed by atoms with Gasteiger partial charge in [-0.25, -0.2) is 0 Å². The second kappa shape index (κ2) is 9.02. The molecule has 2 aliphatic rings. The molecule has 2 aliphatic heterocycles. The van der Waals surface area contributed by atoms with E-state index < -0.39 is 82.4 Å². The molecule has 2 saturated heterocycles. The molecule has 0 saturated carbocycles. The van der Waals surface area contributed by atoms with Crippen LogP contribution < -0.4 is 9.79 Å². The van der Waals surface area contributed by atoms with E-state index >= 15 is 0 Å². The third-order valence-corrected chi connectivity index (χ3v) is 4.66. The summed E-state index contributed by atoms with van der Waals surface area (Å²) >= 11 is 0. The van der Waals surface area contributed by atoms with Crippen molar-refractivity contribution >= 4 is 7.82 Å². The second-order valence-corrected chi connectivity index (χ2v) is 7.24. The van der Waals surface area contributed by atoms with Crippen molar-refractivity contribution in [3.63, 3.8) is 0 Å². The highest BCUT2D eigenvalue weighted by Crippen LogP contribution is 2.31. The Morgan fingerprint density at radius 1 is 0.852 bits per heavy atom. The van der Waals surface area contributed by atoms with Gasteiger partial charge in [0.05, 0.1) is 21.0 Å². The van der Waals surface area contributed by atoms with Crippen molar-refractivity contribution in [2.45, 2.75) is 61.4 Å². The molecular weight excluding hydrogens is 399 g/mol. The standard InChI is InChI=1S/C12H23O14P/c13-1-3-10(7(16)8(17)11(19)24-3)26-12-9(18)6(15)5(14)4(25-12)2-23-27(20,21)22/h3-19H,1-2H2,(H2,20,21,22)/p-2/t3-,4-,5+,6+,7-,8-,9-,10-,11+,12+/m1/s1. The van der Waals surface area contributed by atoms with Crippen molar-refractivity contribution in [2.75, 3.05) is 13.2 Å². The molecule has 2 rings (SSSR count). The Morgan fingerprint density at radius 2 is 1.48 bits per heavy atom. The fourth-order valence-electron chi connectivity index (χ4n) is 2.72. The van der Waals surface area contributed by atoms with Crippen molar-refractivity contribution in [1.82, 2.24) is 0 Å². The molecule has 0 aliphatic carbocycles. The van der Waals surface area contributed by atoms with Gasteiger partial charge in [-0.3, -0.25) is 0 Å². The Bertz CT molecular complexity index is 526. The Kier molecular flexibility index (Phi) is 7.68. The third kappa shape index (κ3) is 5.41. The summed E-state index contributed by atoms with van der Waals surface area (Å²) in [4.78, 5) is 21.1. The molecule has 0 aromatic carbocycles. The average Bonchev–Trinajstić information content (AvgIpc) is 2.60. The van der Waals surface area contributed by atoms with Gasteiger partial charge in [0.1, 0.15) is 48.8 Å². The molecule has 10 atom stereocenters. The third-order valence-electron chi connectivity index (χ3n) is 4.20. The topological polar surface area (TPSA) is 242 Å². The van der Waals surface area contributed by atoms with Gasteiger partial charge in [-0.05, 0) is 0 Å². The lowest BCUT2D eigenvalue weighted by Crippen LogP contribution is -2.64. The van der Waals surface area contributed by atoms with Crippen LogP contribution in [0.5, 0.6) is 0 Å². The van der Waals surface area contributed by atoms with Crippen molar-refractivity contribution in [2.24, 2.45) is 0 Å².